The van der Waals surface area contributed by atoms with Gasteiger partial charge in [0.25, 0.3) is 0 Å². The van der Waals surface area contributed by atoms with Gasteiger partial charge in [-0.2, -0.15) is 0 Å². The summed E-state index contributed by atoms with van der Waals surface area (Å²) in [5.74, 6) is -0.279. The summed E-state index contributed by atoms with van der Waals surface area (Å²) >= 11 is 5.66. The predicted molar refractivity (Wildman–Crippen MR) is 74.0 cm³/mol. The number of nitrogen functional groups attached to an aromatic ring is 1. The number of benzene rings is 1. The van der Waals surface area contributed by atoms with Crippen molar-refractivity contribution in [2.75, 3.05) is 11.1 Å². The molecule has 0 saturated heterocycles. The van der Waals surface area contributed by atoms with Gasteiger partial charge >= 0.3 is 5.69 Å². The fraction of sp³-hybridized carbons (Fsp3) is 0.0833. The highest BCUT2D eigenvalue weighted by atomic mass is 35.5. The molecule has 1 heterocycles. The standard InChI is InChI=1S/C12H10ClFN4O2/c13-8-5-7(1-2-9(8)14)6-16-11-4-3-10(18(19)20)12(15)17-11/h1-5H,6H2,(H3,15,16,17). The highest BCUT2D eigenvalue weighted by Crippen LogP contribution is 2.21. The molecule has 104 valence electrons. The Balaban J connectivity index is 2.09. The normalized spacial score (nSPS) is 10.3. The van der Waals surface area contributed by atoms with Gasteiger partial charge in [-0.25, -0.2) is 9.37 Å². The first-order chi connectivity index (χ1) is 9.47. The van der Waals surface area contributed by atoms with Gasteiger partial charge in [0.15, 0.2) is 0 Å². The molecule has 0 saturated carbocycles. The maximum atomic E-state index is 13.0. The van der Waals surface area contributed by atoms with Gasteiger partial charge in [0.2, 0.25) is 5.82 Å². The summed E-state index contributed by atoms with van der Waals surface area (Å²) < 4.78 is 13.0. The number of nitrogens with two attached hydrogens (primary N) is 1. The van der Waals surface area contributed by atoms with Gasteiger partial charge in [-0.15, -0.1) is 0 Å². The first-order valence-corrected chi connectivity index (χ1v) is 5.94. The van der Waals surface area contributed by atoms with Crippen LogP contribution in [-0.4, -0.2) is 9.91 Å². The number of hydrogen-bond acceptors (Lipinski definition) is 5. The molecule has 0 spiro atoms. The average molecular weight is 297 g/mol. The number of nitro groups is 1. The second kappa shape index (κ2) is 5.70. The van der Waals surface area contributed by atoms with E-state index in [2.05, 4.69) is 10.3 Å². The van der Waals surface area contributed by atoms with Crippen molar-refractivity contribution in [1.82, 2.24) is 4.98 Å². The van der Waals surface area contributed by atoms with Gasteiger partial charge in [0.05, 0.1) is 9.95 Å². The Morgan fingerprint density at radius 1 is 1.40 bits per heavy atom. The number of pyridine rings is 1. The van der Waals surface area contributed by atoms with E-state index in [4.69, 9.17) is 17.3 Å². The van der Waals surface area contributed by atoms with E-state index in [-0.39, 0.29) is 16.5 Å². The number of hydrogen-bond donors (Lipinski definition) is 2. The summed E-state index contributed by atoms with van der Waals surface area (Å²) in [4.78, 5) is 13.9. The van der Waals surface area contributed by atoms with Crippen molar-refractivity contribution in [2.45, 2.75) is 6.54 Å². The largest absolute Gasteiger partial charge is 0.378 e. The topological polar surface area (TPSA) is 94.1 Å². The molecule has 0 aliphatic rings. The molecule has 1 aromatic heterocycles. The zero-order chi connectivity index (χ0) is 14.7. The molecule has 20 heavy (non-hydrogen) atoms. The Hall–Kier alpha value is -2.41. The molecule has 0 aliphatic heterocycles. The molecule has 0 atom stereocenters. The summed E-state index contributed by atoms with van der Waals surface area (Å²) in [6.07, 6.45) is 0. The third kappa shape index (κ3) is 3.12. The van der Waals surface area contributed by atoms with Gasteiger partial charge in [-0.05, 0) is 23.8 Å². The van der Waals surface area contributed by atoms with Crippen molar-refractivity contribution in [3.05, 3.63) is 56.8 Å². The van der Waals surface area contributed by atoms with Gasteiger partial charge in [-0.1, -0.05) is 17.7 Å². The summed E-state index contributed by atoms with van der Waals surface area (Å²) in [5, 5.41) is 13.5. The van der Waals surface area contributed by atoms with Crippen LogP contribution in [0.3, 0.4) is 0 Å². The maximum Gasteiger partial charge on any atom is 0.311 e. The second-order valence-electron chi connectivity index (χ2n) is 3.96. The molecule has 1 aromatic carbocycles. The SMILES string of the molecule is Nc1nc(NCc2ccc(F)c(Cl)c2)ccc1[N+](=O)[O-]. The predicted octanol–water partition coefficient (Wildman–Crippen LogP) is 2.98. The molecule has 2 rings (SSSR count). The number of anilines is 2. The zero-order valence-electron chi connectivity index (χ0n) is 10.1. The van der Waals surface area contributed by atoms with Crippen LogP contribution in [0.4, 0.5) is 21.7 Å². The highest BCUT2D eigenvalue weighted by Gasteiger charge is 2.12. The van der Waals surface area contributed by atoms with Gasteiger partial charge < -0.3 is 11.1 Å². The van der Waals surface area contributed by atoms with E-state index >= 15 is 0 Å². The third-order valence-electron chi connectivity index (χ3n) is 2.56. The van der Waals surface area contributed by atoms with E-state index in [1.54, 1.807) is 6.07 Å². The lowest BCUT2D eigenvalue weighted by Gasteiger charge is -2.07. The monoisotopic (exact) mass is 296 g/mol. The van der Waals surface area contributed by atoms with Crippen molar-refractivity contribution in [3.63, 3.8) is 0 Å². The molecule has 0 bridgehead atoms. The van der Waals surface area contributed by atoms with Crippen molar-refractivity contribution < 1.29 is 9.31 Å². The molecule has 0 unspecified atom stereocenters. The number of nitrogens with one attached hydrogen (secondary N) is 1. The summed E-state index contributed by atoms with van der Waals surface area (Å²) in [7, 11) is 0. The molecule has 0 fully saturated rings. The molecule has 8 heteroatoms. The first-order valence-electron chi connectivity index (χ1n) is 5.56. The van der Waals surface area contributed by atoms with Crippen LogP contribution in [0.5, 0.6) is 0 Å². The average Bonchev–Trinajstić information content (AvgIpc) is 2.40. The summed E-state index contributed by atoms with van der Waals surface area (Å²) in [6.45, 7) is 0.338. The second-order valence-corrected chi connectivity index (χ2v) is 4.37. The van der Waals surface area contributed by atoms with Crippen molar-refractivity contribution >= 4 is 28.9 Å². The van der Waals surface area contributed by atoms with E-state index in [0.717, 1.165) is 5.56 Å². The van der Waals surface area contributed by atoms with Crippen LogP contribution < -0.4 is 11.1 Å². The van der Waals surface area contributed by atoms with E-state index in [9.17, 15) is 14.5 Å². The first kappa shape index (κ1) is 14.0. The minimum absolute atomic E-state index is 0.0282. The van der Waals surface area contributed by atoms with Crippen LogP contribution >= 0.6 is 11.6 Å². The molecule has 6 nitrogen and oxygen atoms in total. The Morgan fingerprint density at radius 3 is 2.75 bits per heavy atom. The molecular formula is C12H10ClFN4O2. The fourth-order valence-corrected chi connectivity index (χ4v) is 1.77. The van der Waals surface area contributed by atoms with Crippen LogP contribution in [0.15, 0.2) is 30.3 Å². The molecule has 0 amide bonds. The number of aromatic nitrogens is 1. The Bertz CT molecular complexity index is 666. The molecule has 0 aliphatic carbocycles. The Morgan fingerprint density at radius 2 is 2.15 bits per heavy atom. The fourth-order valence-electron chi connectivity index (χ4n) is 1.56. The van der Waals surface area contributed by atoms with Crippen LogP contribution in [0.2, 0.25) is 5.02 Å². The molecule has 2 aromatic rings. The number of nitrogens with zero attached hydrogens (tertiary/aromatic N) is 2. The Labute approximate surface area is 118 Å². The number of rotatable bonds is 4. The van der Waals surface area contributed by atoms with E-state index < -0.39 is 10.7 Å². The molecular weight excluding hydrogens is 287 g/mol. The van der Waals surface area contributed by atoms with Gasteiger partial charge in [-0.3, -0.25) is 10.1 Å². The Kier molecular flexibility index (Phi) is 3.99. The van der Waals surface area contributed by atoms with Crippen LogP contribution in [0.1, 0.15) is 5.56 Å². The smallest absolute Gasteiger partial charge is 0.311 e. The minimum atomic E-state index is -0.605. The van der Waals surface area contributed by atoms with Crippen LogP contribution in [0.25, 0.3) is 0 Å². The van der Waals surface area contributed by atoms with Crippen LogP contribution in [0, 0.1) is 15.9 Å². The molecule has 0 radical (unpaired) electrons. The van der Waals surface area contributed by atoms with Gasteiger partial charge in [0.1, 0.15) is 11.6 Å². The van der Waals surface area contributed by atoms with Crippen molar-refractivity contribution in [3.8, 4) is 0 Å². The lowest BCUT2D eigenvalue weighted by atomic mass is 10.2. The molecule has 3 N–H and O–H groups in total. The zero-order valence-corrected chi connectivity index (χ0v) is 10.9. The number of halogens is 2. The van der Waals surface area contributed by atoms with Gasteiger partial charge in [0, 0.05) is 12.6 Å². The quantitative estimate of drug-likeness (QED) is 0.668. The van der Waals surface area contributed by atoms with E-state index in [1.165, 1.54) is 24.3 Å². The maximum absolute atomic E-state index is 13.0. The third-order valence-corrected chi connectivity index (χ3v) is 2.85. The van der Waals surface area contributed by atoms with Crippen molar-refractivity contribution in [1.29, 1.82) is 0 Å². The van der Waals surface area contributed by atoms with E-state index in [1.807, 2.05) is 0 Å². The van der Waals surface area contributed by atoms with Crippen LogP contribution in [-0.2, 0) is 6.54 Å². The lowest BCUT2D eigenvalue weighted by molar-refractivity contribution is -0.384. The van der Waals surface area contributed by atoms with Crippen molar-refractivity contribution in [2.24, 2.45) is 0 Å². The summed E-state index contributed by atoms with van der Waals surface area (Å²) in [5.41, 5.74) is 5.97. The minimum Gasteiger partial charge on any atom is -0.378 e. The highest BCUT2D eigenvalue weighted by molar-refractivity contribution is 6.30. The lowest BCUT2D eigenvalue weighted by Crippen LogP contribution is -2.05. The van der Waals surface area contributed by atoms with E-state index in [0.29, 0.717) is 12.4 Å². The summed E-state index contributed by atoms with van der Waals surface area (Å²) in [6, 6.07) is 7.03.